The van der Waals surface area contributed by atoms with Crippen molar-refractivity contribution in [1.29, 1.82) is 0 Å². The summed E-state index contributed by atoms with van der Waals surface area (Å²) in [6.07, 6.45) is 6.34. The smallest absolute Gasteiger partial charge is 0.0705 e. The van der Waals surface area contributed by atoms with Gasteiger partial charge in [-0.15, -0.1) is 0 Å². The Morgan fingerprint density at radius 2 is 1.81 bits per heavy atom. The number of aromatic nitrogens is 1. The highest BCUT2D eigenvalue weighted by molar-refractivity contribution is 5.78. The molecule has 0 fully saturated rings. The van der Waals surface area contributed by atoms with E-state index < -0.39 is 0 Å². The number of benzene rings is 1. The highest BCUT2D eigenvalue weighted by atomic mass is 14.7. The van der Waals surface area contributed by atoms with Crippen LogP contribution in [0.1, 0.15) is 38.3 Å². The van der Waals surface area contributed by atoms with Crippen LogP contribution in [0.2, 0.25) is 0 Å². The molecule has 0 saturated carbocycles. The monoisotopic (exact) mass is 213 g/mol. The van der Waals surface area contributed by atoms with E-state index in [0.717, 1.165) is 11.9 Å². The molecule has 1 nitrogen and oxygen atoms in total. The molecule has 1 aromatic carbocycles. The lowest BCUT2D eigenvalue weighted by atomic mass is 10.1. The highest BCUT2D eigenvalue weighted by Crippen LogP contribution is 2.13. The first-order valence-electron chi connectivity index (χ1n) is 6.25. The zero-order chi connectivity index (χ0) is 11.2. The molecule has 1 heterocycles. The molecule has 0 bridgehead atoms. The maximum atomic E-state index is 4.67. The number of aryl methyl sites for hydroxylation is 1. The summed E-state index contributed by atoms with van der Waals surface area (Å²) in [5.74, 6) is 0. The summed E-state index contributed by atoms with van der Waals surface area (Å²) >= 11 is 0. The molecule has 1 heteroatoms. The van der Waals surface area contributed by atoms with Crippen molar-refractivity contribution in [2.24, 2.45) is 0 Å². The molecule has 16 heavy (non-hydrogen) atoms. The number of hydrogen-bond acceptors (Lipinski definition) is 1. The maximum Gasteiger partial charge on any atom is 0.0705 e. The second-order valence-corrected chi connectivity index (χ2v) is 4.31. The van der Waals surface area contributed by atoms with E-state index in [0.29, 0.717) is 0 Å². The summed E-state index contributed by atoms with van der Waals surface area (Å²) in [6, 6.07) is 12.7. The van der Waals surface area contributed by atoms with Gasteiger partial charge in [-0.2, -0.15) is 0 Å². The summed E-state index contributed by atoms with van der Waals surface area (Å²) in [5, 5.41) is 1.24. The van der Waals surface area contributed by atoms with Crippen LogP contribution in [0.15, 0.2) is 36.4 Å². The third-order valence-electron chi connectivity index (χ3n) is 2.94. The Kier molecular flexibility index (Phi) is 3.92. The van der Waals surface area contributed by atoms with E-state index in [1.165, 1.54) is 36.8 Å². The predicted octanol–water partition coefficient (Wildman–Crippen LogP) is 4.36. The van der Waals surface area contributed by atoms with Crippen molar-refractivity contribution in [3.05, 3.63) is 42.1 Å². The van der Waals surface area contributed by atoms with Gasteiger partial charge in [0.15, 0.2) is 0 Å². The summed E-state index contributed by atoms with van der Waals surface area (Å²) in [6.45, 7) is 2.24. The first-order valence-corrected chi connectivity index (χ1v) is 6.25. The SMILES string of the molecule is CCCCCCc1ccc2ccccc2n1. The van der Waals surface area contributed by atoms with Crippen molar-refractivity contribution in [2.45, 2.75) is 39.0 Å². The Morgan fingerprint density at radius 1 is 0.938 bits per heavy atom. The molecule has 0 aliphatic heterocycles. The van der Waals surface area contributed by atoms with Gasteiger partial charge >= 0.3 is 0 Å². The zero-order valence-corrected chi connectivity index (χ0v) is 9.95. The van der Waals surface area contributed by atoms with Gasteiger partial charge in [0.05, 0.1) is 5.52 Å². The minimum atomic E-state index is 1.12. The molecule has 0 aliphatic carbocycles. The van der Waals surface area contributed by atoms with Crippen LogP contribution in [0, 0.1) is 0 Å². The van der Waals surface area contributed by atoms with E-state index in [-0.39, 0.29) is 0 Å². The van der Waals surface area contributed by atoms with Gasteiger partial charge in [-0.05, 0) is 25.0 Å². The van der Waals surface area contributed by atoms with Gasteiger partial charge in [-0.25, -0.2) is 0 Å². The van der Waals surface area contributed by atoms with Crippen LogP contribution in [0.4, 0.5) is 0 Å². The number of para-hydroxylation sites is 1. The Labute approximate surface area is 97.5 Å². The zero-order valence-electron chi connectivity index (χ0n) is 9.95. The summed E-state index contributed by atoms with van der Waals surface area (Å²) < 4.78 is 0. The minimum absolute atomic E-state index is 1.12. The summed E-state index contributed by atoms with van der Waals surface area (Å²) in [5.41, 5.74) is 2.35. The largest absolute Gasteiger partial charge is 0.253 e. The number of unbranched alkanes of at least 4 members (excludes halogenated alkanes) is 3. The number of rotatable bonds is 5. The van der Waals surface area contributed by atoms with Gasteiger partial charge in [-0.1, -0.05) is 50.5 Å². The number of pyridine rings is 1. The average molecular weight is 213 g/mol. The van der Waals surface area contributed by atoms with Crippen molar-refractivity contribution in [3.63, 3.8) is 0 Å². The Balaban J connectivity index is 2.02. The molecule has 2 aromatic rings. The van der Waals surface area contributed by atoms with Crippen LogP contribution < -0.4 is 0 Å². The molecule has 1 aromatic heterocycles. The van der Waals surface area contributed by atoms with E-state index in [4.69, 9.17) is 0 Å². The van der Waals surface area contributed by atoms with Gasteiger partial charge in [0.1, 0.15) is 0 Å². The fourth-order valence-corrected chi connectivity index (χ4v) is 1.98. The fourth-order valence-electron chi connectivity index (χ4n) is 1.98. The minimum Gasteiger partial charge on any atom is -0.253 e. The molecule has 84 valence electrons. The molecule has 0 N–H and O–H groups in total. The quantitative estimate of drug-likeness (QED) is 0.672. The lowest BCUT2D eigenvalue weighted by Gasteiger charge is -2.02. The van der Waals surface area contributed by atoms with Crippen LogP contribution >= 0.6 is 0 Å². The van der Waals surface area contributed by atoms with Gasteiger partial charge < -0.3 is 0 Å². The first kappa shape index (κ1) is 11.1. The lowest BCUT2D eigenvalue weighted by molar-refractivity contribution is 0.661. The molecular weight excluding hydrogens is 194 g/mol. The van der Waals surface area contributed by atoms with Crippen LogP contribution in [-0.2, 0) is 6.42 Å². The number of fused-ring (bicyclic) bond motifs is 1. The molecule has 0 unspecified atom stereocenters. The third kappa shape index (κ3) is 2.82. The maximum absolute atomic E-state index is 4.67. The van der Waals surface area contributed by atoms with Crippen LogP contribution in [-0.4, -0.2) is 4.98 Å². The van der Waals surface area contributed by atoms with Crippen LogP contribution in [0.5, 0.6) is 0 Å². The van der Waals surface area contributed by atoms with Crippen molar-refractivity contribution >= 4 is 10.9 Å². The molecule has 0 radical (unpaired) electrons. The van der Waals surface area contributed by atoms with Crippen LogP contribution in [0.3, 0.4) is 0 Å². The van der Waals surface area contributed by atoms with Gasteiger partial charge in [0, 0.05) is 11.1 Å². The first-order chi connectivity index (χ1) is 7.90. The van der Waals surface area contributed by atoms with Crippen molar-refractivity contribution < 1.29 is 0 Å². The number of hydrogen-bond donors (Lipinski definition) is 0. The van der Waals surface area contributed by atoms with Crippen molar-refractivity contribution in [3.8, 4) is 0 Å². The van der Waals surface area contributed by atoms with E-state index in [2.05, 4.69) is 48.3 Å². The van der Waals surface area contributed by atoms with Crippen molar-refractivity contribution in [1.82, 2.24) is 4.98 Å². The standard InChI is InChI=1S/C15H19N/c1-2-3-4-5-9-14-12-11-13-8-6-7-10-15(13)16-14/h6-8,10-12H,2-5,9H2,1H3. The molecule has 0 aliphatic rings. The topological polar surface area (TPSA) is 12.9 Å². The van der Waals surface area contributed by atoms with E-state index in [1.54, 1.807) is 0 Å². The molecular formula is C15H19N. The molecule has 0 amide bonds. The van der Waals surface area contributed by atoms with Crippen molar-refractivity contribution in [2.75, 3.05) is 0 Å². The number of nitrogens with zero attached hydrogens (tertiary/aromatic N) is 1. The Bertz CT molecular complexity index is 448. The second kappa shape index (κ2) is 5.64. The summed E-state index contributed by atoms with van der Waals surface area (Å²) in [7, 11) is 0. The molecule has 0 saturated heterocycles. The summed E-state index contributed by atoms with van der Waals surface area (Å²) in [4.78, 5) is 4.67. The highest BCUT2D eigenvalue weighted by Gasteiger charge is 1.97. The molecule has 0 atom stereocenters. The molecule has 0 spiro atoms. The Hall–Kier alpha value is -1.37. The van der Waals surface area contributed by atoms with E-state index in [1.807, 2.05) is 0 Å². The van der Waals surface area contributed by atoms with Crippen LogP contribution in [0.25, 0.3) is 10.9 Å². The van der Waals surface area contributed by atoms with Gasteiger partial charge in [0.25, 0.3) is 0 Å². The van der Waals surface area contributed by atoms with E-state index in [9.17, 15) is 0 Å². The fraction of sp³-hybridized carbons (Fsp3) is 0.400. The average Bonchev–Trinajstić information content (AvgIpc) is 2.34. The second-order valence-electron chi connectivity index (χ2n) is 4.31. The lowest BCUT2D eigenvalue weighted by Crippen LogP contribution is -1.90. The third-order valence-corrected chi connectivity index (χ3v) is 2.94. The van der Waals surface area contributed by atoms with Gasteiger partial charge in [-0.3, -0.25) is 4.98 Å². The van der Waals surface area contributed by atoms with Gasteiger partial charge in [0.2, 0.25) is 0 Å². The normalized spacial score (nSPS) is 10.8. The van der Waals surface area contributed by atoms with E-state index >= 15 is 0 Å². The molecule has 2 rings (SSSR count). The Morgan fingerprint density at radius 3 is 2.69 bits per heavy atom. The predicted molar refractivity (Wildman–Crippen MR) is 69.6 cm³/mol.